The number of aryl methyl sites for hydroxylation is 2. The maximum Gasteiger partial charge on any atom is 0.264 e. The summed E-state index contributed by atoms with van der Waals surface area (Å²) < 4.78 is 12.4. The van der Waals surface area contributed by atoms with Gasteiger partial charge in [0, 0.05) is 44.7 Å². The van der Waals surface area contributed by atoms with Crippen molar-refractivity contribution in [2.75, 3.05) is 40.4 Å². The number of methoxy groups -OCH3 is 2. The van der Waals surface area contributed by atoms with E-state index in [1.165, 1.54) is 18.4 Å². The van der Waals surface area contributed by atoms with Crippen molar-refractivity contribution in [2.45, 2.75) is 6.92 Å². The first-order chi connectivity index (χ1) is 14.4. The molecule has 1 aromatic carbocycles. The highest BCUT2D eigenvalue weighted by Crippen LogP contribution is 2.29. The molecule has 30 heavy (non-hydrogen) atoms. The van der Waals surface area contributed by atoms with E-state index in [1.54, 1.807) is 30.2 Å². The Morgan fingerprint density at radius 2 is 1.67 bits per heavy atom. The minimum Gasteiger partial charge on any atom is -0.497 e. The van der Waals surface area contributed by atoms with Crippen molar-refractivity contribution in [3.05, 3.63) is 40.4 Å². The predicted molar refractivity (Wildman–Crippen MR) is 115 cm³/mol. The summed E-state index contributed by atoms with van der Waals surface area (Å²) in [7, 11) is 4.99. The molecule has 0 unspecified atom stereocenters. The van der Waals surface area contributed by atoms with Crippen LogP contribution in [0, 0.1) is 6.92 Å². The van der Waals surface area contributed by atoms with E-state index >= 15 is 0 Å². The molecule has 3 heterocycles. The minimum absolute atomic E-state index is 0.00438. The van der Waals surface area contributed by atoms with E-state index in [4.69, 9.17) is 9.47 Å². The Kier molecular flexibility index (Phi) is 5.38. The van der Waals surface area contributed by atoms with Crippen LogP contribution in [0.25, 0.3) is 10.2 Å². The second-order valence-electron chi connectivity index (χ2n) is 7.19. The summed E-state index contributed by atoms with van der Waals surface area (Å²) in [6, 6.07) is 7.08. The summed E-state index contributed by atoms with van der Waals surface area (Å²) in [5.74, 6) is 1.01. The molecule has 0 saturated carbocycles. The summed E-state index contributed by atoms with van der Waals surface area (Å²) in [6.45, 7) is 3.89. The number of amides is 2. The Hall–Kier alpha value is -3.07. The molecule has 1 aliphatic rings. The molecule has 0 atom stereocenters. The van der Waals surface area contributed by atoms with Crippen LogP contribution in [-0.2, 0) is 7.05 Å². The van der Waals surface area contributed by atoms with Crippen molar-refractivity contribution in [3.63, 3.8) is 0 Å². The van der Waals surface area contributed by atoms with Crippen molar-refractivity contribution >= 4 is 33.4 Å². The number of carbonyl (C=O) groups excluding carboxylic acids is 2. The second kappa shape index (κ2) is 7.98. The van der Waals surface area contributed by atoms with Crippen LogP contribution in [0.2, 0.25) is 0 Å². The monoisotopic (exact) mass is 428 g/mol. The lowest BCUT2D eigenvalue weighted by molar-refractivity contribution is 0.0536. The molecule has 1 saturated heterocycles. The zero-order chi connectivity index (χ0) is 21.4. The highest BCUT2D eigenvalue weighted by molar-refractivity contribution is 7.20. The molecule has 1 aliphatic heterocycles. The van der Waals surface area contributed by atoms with Crippen LogP contribution in [0.4, 0.5) is 0 Å². The fraction of sp³-hybridized carbons (Fsp3) is 0.381. The number of fused-ring (bicyclic) bond motifs is 1. The van der Waals surface area contributed by atoms with Gasteiger partial charge in [-0.2, -0.15) is 5.10 Å². The van der Waals surface area contributed by atoms with E-state index < -0.39 is 0 Å². The Bertz CT molecular complexity index is 1080. The summed E-state index contributed by atoms with van der Waals surface area (Å²) in [5, 5.41) is 5.41. The number of carbonyl (C=O) groups is 2. The quantitative estimate of drug-likeness (QED) is 0.638. The zero-order valence-corrected chi connectivity index (χ0v) is 18.3. The lowest BCUT2D eigenvalue weighted by Gasteiger charge is -2.34. The zero-order valence-electron chi connectivity index (χ0n) is 17.5. The molecule has 2 aromatic heterocycles. The molecule has 0 radical (unpaired) electrons. The van der Waals surface area contributed by atoms with Gasteiger partial charge in [-0.15, -0.1) is 11.3 Å². The number of hydrogen-bond acceptors (Lipinski definition) is 6. The van der Waals surface area contributed by atoms with Gasteiger partial charge < -0.3 is 19.3 Å². The fourth-order valence-electron chi connectivity index (χ4n) is 3.72. The van der Waals surface area contributed by atoms with Crippen molar-refractivity contribution in [1.82, 2.24) is 19.6 Å². The first-order valence-electron chi connectivity index (χ1n) is 9.66. The molecule has 9 heteroatoms. The van der Waals surface area contributed by atoms with Crippen LogP contribution in [0.1, 0.15) is 25.7 Å². The maximum atomic E-state index is 13.0. The van der Waals surface area contributed by atoms with Gasteiger partial charge in [0.1, 0.15) is 16.3 Å². The molecule has 0 N–H and O–H groups in total. The van der Waals surface area contributed by atoms with Gasteiger partial charge in [0.05, 0.1) is 30.4 Å². The highest BCUT2D eigenvalue weighted by Gasteiger charge is 2.28. The SMILES string of the molecule is COc1ccc(C(=O)N2CCN(C(=O)c3cc4c(C)nn(C)c4s3)CC2)c(OC)c1. The van der Waals surface area contributed by atoms with Gasteiger partial charge in [-0.25, -0.2) is 0 Å². The summed E-state index contributed by atoms with van der Waals surface area (Å²) in [4.78, 5) is 31.2. The van der Waals surface area contributed by atoms with E-state index in [2.05, 4.69) is 5.10 Å². The standard InChI is InChI=1S/C21H24N4O4S/c1-13-16-12-18(30-21(16)23(2)22-13)20(27)25-9-7-24(8-10-25)19(26)15-6-5-14(28-3)11-17(15)29-4/h5-6,11-12H,7-10H2,1-4H3. The smallest absolute Gasteiger partial charge is 0.264 e. The Balaban J connectivity index is 1.44. The molecule has 8 nitrogen and oxygen atoms in total. The van der Waals surface area contributed by atoms with Crippen LogP contribution in [0.5, 0.6) is 11.5 Å². The number of rotatable bonds is 4. The van der Waals surface area contributed by atoms with Gasteiger partial charge in [0.2, 0.25) is 0 Å². The molecular formula is C21H24N4O4S. The molecule has 0 bridgehead atoms. The third kappa shape index (κ3) is 3.49. The molecule has 0 aliphatic carbocycles. The number of piperazine rings is 1. The average molecular weight is 429 g/mol. The number of hydrogen-bond donors (Lipinski definition) is 0. The Morgan fingerprint density at radius 1 is 1.00 bits per heavy atom. The highest BCUT2D eigenvalue weighted by atomic mass is 32.1. The Labute approximate surface area is 178 Å². The third-order valence-corrected chi connectivity index (χ3v) is 6.59. The van der Waals surface area contributed by atoms with Gasteiger partial charge in [0.25, 0.3) is 11.8 Å². The molecular weight excluding hydrogens is 404 g/mol. The summed E-state index contributed by atoms with van der Waals surface area (Å²) >= 11 is 1.46. The molecule has 1 fully saturated rings. The normalized spacial score (nSPS) is 14.3. The number of benzene rings is 1. The van der Waals surface area contributed by atoms with Crippen LogP contribution in [-0.4, -0.2) is 71.8 Å². The van der Waals surface area contributed by atoms with Gasteiger partial charge in [-0.1, -0.05) is 0 Å². The van der Waals surface area contributed by atoms with E-state index in [-0.39, 0.29) is 11.8 Å². The molecule has 3 aromatic rings. The van der Waals surface area contributed by atoms with Crippen molar-refractivity contribution in [2.24, 2.45) is 7.05 Å². The van der Waals surface area contributed by atoms with E-state index in [1.807, 2.05) is 29.6 Å². The fourth-order valence-corrected chi connectivity index (χ4v) is 4.82. The van der Waals surface area contributed by atoms with Crippen LogP contribution in [0.3, 0.4) is 0 Å². The van der Waals surface area contributed by atoms with Gasteiger partial charge in [0.15, 0.2) is 0 Å². The van der Waals surface area contributed by atoms with Gasteiger partial charge in [-0.05, 0) is 25.1 Å². The largest absolute Gasteiger partial charge is 0.497 e. The Morgan fingerprint density at radius 3 is 2.27 bits per heavy atom. The van der Waals surface area contributed by atoms with E-state index in [0.717, 1.165) is 15.9 Å². The summed E-state index contributed by atoms with van der Waals surface area (Å²) in [5.41, 5.74) is 1.41. The van der Waals surface area contributed by atoms with Crippen LogP contribution in [0.15, 0.2) is 24.3 Å². The van der Waals surface area contributed by atoms with Crippen molar-refractivity contribution in [1.29, 1.82) is 0 Å². The van der Waals surface area contributed by atoms with Crippen molar-refractivity contribution in [3.8, 4) is 11.5 Å². The molecule has 2 amide bonds. The number of aromatic nitrogens is 2. The van der Waals surface area contributed by atoms with Crippen LogP contribution < -0.4 is 9.47 Å². The van der Waals surface area contributed by atoms with E-state index in [0.29, 0.717) is 48.1 Å². The van der Waals surface area contributed by atoms with Gasteiger partial charge in [-0.3, -0.25) is 14.3 Å². The van der Waals surface area contributed by atoms with Crippen LogP contribution >= 0.6 is 11.3 Å². The lowest BCUT2D eigenvalue weighted by atomic mass is 10.1. The van der Waals surface area contributed by atoms with Crippen molar-refractivity contribution < 1.29 is 19.1 Å². The lowest BCUT2D eigenvalue weighted by Crippen LogP contribution is -2.50. The first kappa shape index (κ1) is 20.2. The van der Waals surface area contributed by atoms with E-state index in [9.17, 15) is 9.59 Å². The molecule has 4 rings (SSSR count). The first-order valence-corrected chi connectivity index (χ1v) is 10.5. The second-order valence-corrected chi connectivity index (χ2v) is 8.22. The minimum atomic E-state index is -0.106. The topological polar surface area (TPSA) is 76.9 Å². The molecule has 158 valence electrons. The van der Waals surface area contributed by atoms with Gasteiger partial charge >= 0.3 is 0 Å². The number of nitrogens with zero attached hydrogens (tertiary/aromatic N) is 4. The maximum absolute atomic E-state index is 13.0. The predicted octanol–water partition coefficient (Wildman–Crippen LogP) is 2.56. The number of ether oxygens (including phenoxy) is 2. The third-order valence-electron chi connectivity index (χ3n) is 5.40. The summed E-state index contributed by atoms with van der Waals surface area (Å²) in [6.07, 6.45) is 0. The molecule has 0 spiro atoms. The number of thiophene rings is 1. The average Bonchev–Trinajstić information content (AvgIpc) is 3.33.